The van der Waals surface area contributed by atoms with Crippen LogP contribution in [0.2, 0.25) is 5.02 Å². The van der Waals surface area contributed by atoms with Crippen LogP contribution in [0.15, 0.2) is 11.4 Å². The Hall–Kier alpha value is -0.420. The highest BCUT2D eigenvalue weighted by Crippen LogP contribution is 2.45. The summed E-state index contributed by atoms with van der Waals surface area (Å²) in [5.41, 5.74) is 1.58. The number of fused-ring (bicyclic) bond motifs is 1. The number of nitrogens with one attached hydrogen (secondary N) is 1. The van der Waals surface area contributed by atoms with Crippen molar-refractivity contribution in [2.24, 2.45) is 5.41 Å². The molecule has 2 aromatic rings. The van der Waals surface area contributed by atoms with E-state index in [2.05, 4.69) is 19.2 Å². The van der Waals surface area contributed by atoms with Gasteiger partial charge < -0.3 is 5.32 Å². The Morgan fingerprint density at radius 2 is 2.26 bits per heavy atom. The standard InChI is InChI=1S/C14H17ClN2S2/c1-14(2)5-9(16-3)12-10(6-14)17-13(19-12)11-4-8(15)7-18-11/h4,7,9,16H,5-6H2,1-3H3. The third kappa shape index (κ3) is 2.59. The highest BCUT2D eigenvalue weighted by molar-refractivity contribution is 7.21. The van der Waals surface area contributed by atoms with Crippen molar-refractivity contribution in [1.29, 1.82) is 0 Å². The van der Waals surface area contributed by atoms with Crippen LogP contribution in [-0.2, 0) is 6.42 Å². The SMILES string of the molecule is CNC1CC(C)(C)Cc2nc(-c3cc(Cl)cs3)sc21. The highest BCUT2D eigenvalue weighted by atomic mass is 35.5. The summed E-state index contributed by atoms with van der Waals surface area (Å²) in [6, 6.07) is 2.44. The van der Waals surface area contributed by atoms with Crippen LogP contribution in [0.5, 0.6) is 0 Å². The van der Waals surface area contributed by atoms with E-state index in [4.69, 9.17) is 16.6 Å². The zero-order valence-electron chi connectivity index (χ0n) is 11.3. The van der Waals surface area contributed by atoms with Gasteiger partial charge in [0.2, 0.25) is 0 Å². The van der Waals surface area contributed by atoms with Crippen LogP contribution in [0.25, 0.3) is 9.88 Å². The molecule has 2 heterocycles. The zero-order valence-corrected chi connectivity index (χ0v) is 13.7. The van der Waals surface area contributed by atoms with Crippen LogP contribution in [0, 0.1) is 5.41 Å². The van der Waals surface area contributed by atoms with Gasteiger partial charge in [-0.05, 0) is 31.4 Å². The van der Waals surface area contributed by atoms with Gasteiger partial charge >= 0.3 is 0 Å². The minimum atomic E-state index is 0.319. The lowest BCUT2D eigenvalue weighted by atomic mass is 9.76. The van der Waals surface area contributed by atoms with Crippen molar-refractivity contribution in [2.45, 2.75) is 32.7 Å². The number of halogens is 1. The van der Waals surface area contributed by atoms with Crippen molar-refractivity contribution < 1.29 is 0 Å². The summed E-state index contributed by atoms with van der Waals surface area (Å²) in [6.07, 6.45) is 2.24. The van der Waals surface area contributed by atoms with Crippen molar-refractivity contribution in [3.63, 3.8) is 0 Å². The predicted molar refractivity (Wildman–Crippen MR) is 84.3 cm³/mol. The molecule has 0 bridgehead atoms. The molecule has 1 aliphatic carbocycles. The van der Waals surface area contributed by atoms with Crippen LogP contribution in [0.1, 0.15) is 36.9 Å². The van der Waals surface area contributed by atoms with Gasteiger partial charge in [-0.3, -0.25) is 0 Å². The Bertz CT molecular complexity index is 600. The van der Waals surface area contributed by atoms with Crippen LogP contribution in [-0.4, -0.2) is 12.0 Å². The van der Waals surface area contributed by atoms with Crippen LogP contribution >= 0.6 is 34.3 Å². The van der Waals surface area contributed by atoms with E-state index in [1.54, 1.807) is 11.3 Å². The van der Waals surface area contributed by atoms with E-state index < -0.39 is 0 Å². The number of aromatic nitrogens is 1. The molecule has 1 atom stereocenters. The molecule has 5 heteroatoms. The van der Waals surface area contributed by atoms with E-state index in [9.17, 15) is 0 Å². The van der Waals surface area contributed by atoms with Crippen LogP contribution < -0.4 is 5.32 Å². The third-order valence-electron chi connectivity index (χ3n) is 3.57. The molecule has 2 nitrogen and oxygen atoms in total. The first-order valence-corrected chi connectivity index (χ1v) is 8.47. The molecule has 0 aromatic carbocycles. The smallest absolute Gasteiger partial charge is 0.134 e. The Labute approximate surface area is 126 Å². The Morgan fingerprint density at radius 1 is 1.47 bits per heavy atom. The quantitative estimate of drug-likeness (QED) is 0.865. The number of hydrogen-bond acceptors (Lipinski definition) is 4. The minimum Gasteiger partial charge on any atom is -0.312 e. The maximum Gasteiger partial charge on any atom is 0.134 e. The van der Waals surface area contributed by atoms with E-state index in [0.717, 1.165) is 16.5 Å². The van der Waals surface area contributed by atoms with Gasteiger partial charge in [-0.1, -0.05) is 25.4 Å². The average Bonchev–Trinajstić information content (AvgIpc) is 2.92. The summed E-state index contributed by atoms with van der Waals surface area (Å²) in [5.74, 6) is 0. The maximum atomic E-state index is 6.01. The first-order valence-electron chi connectivity index (χ1n) is 6.40. The number of hydrogen-bond donors (Lipinski definition) is 1. The average molecular weight is 313 g/mol. The molecule has 19 heavy (non-hydrogen) atoms. The van der Waals surface area contributed by atoms with Gasteiger partial charge in [0, 0.05) is 16.3 Å². The maximum absolute atomic E-state index is 6.01. The summed E-state index contributed by atoms with van der Waals surface area (Å²) in [7, 11) is 2.04. The second-order valence-corrected chi connectivity index (χ2v) is 8.22. The second-order valence-electron chi connectivity index (χ2n) is 5.85. The molecule has 0 spiro atoms. The lowest BCUT2D eigenvalue weighted by molar-refractivity contribution is 0.265. The van der Waals surface area contributed by atoms with Crippen molar-refractivity contribution in [1.82, 2.24) is 10.3 Å². The molecule has 1 aliphatic rings. The fourth-order valence-electron chi connectivity index (χ4n) is 2.70. The zero-order chi connectivity index (χ0) is 13.6. The monoisotopic (exact) mass is 312 g/mol. The van der Waals surface area contributed by atoms with Crippen molar-refractivity contribution in [2.75, 3.05) is 7.05 Å². The van der Waals surface area contributed by atoms with Crippen LogP contribution in [0.3, 0.4) is 0 Å². The molecule has 0 radical (unpaired) electrons. The van der Waals surface area contributed by atoms with E-state index >= 15 is 0 Å². The van der Waals surface area contributed by atoms with Crippen molar-refractivity contribution in [3.8, 4) is 9.88 Å². The molecule has 1 N–H and O–H groups in total. The highest BCUT2D eigenvalue weighted by Gasteiger charge is 2.34. The van der Waals surface area contributed by atoms with Gasteiger partial charge in [0.15, 0.2) is 0 Å². The van der Waals surface area contributed by atoms with Crippen molar-refractivity contribution >= 4 is 34.3 Å². The summed E-state index contributed by atoms with van der Waals surface area (Å²) < 4.78 is 0. The minimum absolute atomic E-state index is 0.319. The fourth-order valence-corrected chi connectivity index (χ4v) is 5.03. The number of nitrogens with zero attached hydrogens (tertiary/aromatic N) is 1. The van der Waals surface area contributed by atoms with Gasteiger partial charge in [-0.25, -0.2) is 4.98 Å². The molecule has 3 rings (SSSR count). The fraction of sp³-hybridized carbons (Fsp3) is 0.500. The van der Waals surface area contributed by atoms with Gasteiger partial charge in [-0.15, -0.1) is 22.7 Å². The normalized spacial score (nSPS) is 21.4. The molecular formula is C14H17ClN2S2. The summed E-state index contributed by atoms with van der Waals surface area (Å²) in [5, 5.41) is 7.32. The topological polar surface area (TPSA) is 24.9 Å². The third-order valence-corrected chi connectivity index (χ3v) is 6.23. The Morgan fingerprint density at radius 3 is 2.89 bits per heavy atom. The molecular weight excluding hydrogens is 296 g/mol. The first-order chi connectivity index (χ1) is 8.98. The summed E-state index contributed by atoms with van der Waals surface area (Å²) in [6.45, 7) is 4.64. The van der Waals surface area contributed by atoms with Crippen molar-refractivity contribution in [3.05, 3.63) is 27.0 Å². The first kappa shape index (κ1) is 13.6. The number of thiazole rings is 1. The molecule has 2 aromatic heterocycles. The second kappa shape index (κ2) is 4.85. The van der Waals surface area contributed by atoms with E-state index in [1.165, 1.54) is 21.9 Å². The lowest BCUT2D eigenvalue weighted by Gasteiger charge is -2.34. The van der Waals surface area contributed by atoms with E-state index in [1.807, 2.05) is 29.8 Å². The summed E-state index contributed by atoms with van der Waals surface area (Å²) >= 11 is 9.50. The Kier molecular flexibility index (Phi) is 3.46. The molecule has 0 aliphatic heterocycles. The Balaban J connectivity index is 2.02. The van der Waals surface area contributed by atoms with E-state index in [0.29, 0.717) is 11.5 Å². The molecule has 0 saturated heterocycles. The molecule has 1 unspecified atom stereocenters. The predicted octanol–water partition coefficient (Wildman–Crippen LogP) is 4.76. The van der Waals surface area contributed by atoms with E-state index in [-0.39, 0.29) is 0 Å². The molecule has 0 saturated carbocycles. The number of thiophene rings is 1. The molecule has 0 amide bonds. The lowest BCUT2D eigenvalue weighted by Crippen LogP contribution is -2.30. The van der Waals surface area contributed by atoms with Gasteiger partial charge in [0.25, 0.3) is 0 Å². The van der Waals surface area contributed by atoms with Crippen LogP contribution in [0.4, 0.5) is 0 Å². The molecule has 102 valence electrons. The van der Waals surface area contributed by atoms with Gasteiger partial charge in [0.1, 0.15) is 5.01 Å². The van der Waals surface area contributed by atoms with Gasteiger partial charge in [0.05, 0.1) is 15.6 Å². The van der Waals surface area contributed by atoms with Gasteiger partial charge in [-0.2, -0.15) is 0 Å². The largest absolute Gasteiger partial charge is 0.312 e. The summed E-state index contributed by atoms with van der Waals surface area (Å²) in [4.78, 5) is 7.44. The number of rotatable bonds is 2. The molecule has 0 fully saturated rings.